The minimum absolute atomic E-state index is 0.144. The fourth-order valence-electron chi connectivity index (χ4n) is 3.94. The van der Waals surface area contributed by atoms with E-state index in [1.807, 2.05) is 73.7 Å². The summed E-state index contributed by atoms with van der Waals surface area (Å²) in [5.41, 5.74) is 1.81. The molecule has 2 heterocycles. The molecular weight excluding hydrogens is 350 g/mol. The second-order valence-electron chi connectivity index (χ2n) is 6.82. The largest absolute Gasteiger partial charge is 0.495 e. The molecule has 0 saturated heterocycles. The zero-order valence-corrected chi connectivity index (χ0v) is 16.0. The molecule has 5 heteroatoms. The van der Waals surface area contributed by atoms with Gasteiger partial charge in [-0.3, -0.25) is 4.79 Å². The monoisotopic (exact) mass is 373 g/mol. The number of ether oxygens (including phenoxy) is 1. The number of nitrogens with zero attached hydrogens (tertiary/aromatic N) is 1. The zero-order chi connectivity index (χ0) is 19.6. The smallest absolute Gasteiger partial charge is 0.150 e. The van der Waals surface area contributed by atoms with Gasteiger partial charge in [-0.25, -0.2) is 4.98 Å². The molecule has 0 amide bonds. The second kappa shape index (κ2) is 7.35. The number of methoxy groups -OCH3 is 1. The molecule has 0 bridgehead atoms. The maximum absolute atomic E-state index is 13.2. The molecule has 1 aliphatic heterocycles. The van der Waals surface area contributed by atoms with E-state index >= 15 is 0 Å². The maximum Gasteiger partial charge on any atom is 0.150 e. The zero-order valence-electron chi connectivity index (χ0n) is 16.0. The van der Waals surface area contributed by atoms with Crippen LogP contribution in [0.1, 0.15) is 30.4 Å². The van der Waals surface area contributed by atoms with Gasteiger partial charge in [-0.15, -0.1) is 0 Å². The molecule has 0 radical (unpaired) electrons. The minimum Gasteiger partial charge on any atom is -0.495 e. The summed E-state index contributed by atoms with van der Waals surface area (Å²) in [6.07, 6.45) is 2.17. The number of ketones is 1. The van der Waals surface area contributed by atoms with Crippen LogP contribution in [0, 0.1) is 0 Å². The molecule has 2 unspecified atom stereocenters. The SMILES string of the molecule is CCC(=O)C1c2cccnc2NC1(Nc1ccccc1OC)c1ccccc1. The fourth-order valence-corrected chi connectivity index (χ4v) is 3.94. The first-order valence-electron chi connectivity index (χ1n) is 9.42. The minimum atomic E-state index is -0.861. The van der Waals surface area contributed by atoms with Crippen molar-refractivity contribution in [2.45, 2.75) is 24.9 Å². The van der Waals surface area contributed by atoms with Crippen LogP contribution in [0.15, 0.2) is 72.9 Å². The summed E-state index contributed by atoms with van der Waals surface area (Å²) in [4.78, 5) is 17.7. The summed E-state index contributed by atoms with van der Waals surface area (Å²) >= 11 is 0. The number of hydrogen-bond donors (Lipinski definition) is 2. The number of fused-ring (bicyclic) bond motifs is 1. The summed E-state index contributed by atoms with van der Waals surface area (Å²) < 4.78 is 5.54. The summed E-state index contributed by atoms with van der Waals surface area (Å²) in [7, 11) is 1.64. The van der Waals surface area contributed by atoms with Crippen molar-refractivity contribution in [3.63, 3.8) is 0 Å². The lowest BCUT2D eigenvalue weighted by molar-refractivity contribution is -0.121. The number of nitrogens with one attached hydrogen (secondary N) is 2. The highest BCUT2D eigenvalue weighted by Crippen LogP contribution is 2.49. The average Bonchev–Trinajstić information content (AvgIpc) is 3.09. The first kappa shape index (κ1) is 18.0. The van der Waals surface area contributed by atoms with Crippen LogP contribution in [0.3, 0.4) is 0 Å². The Morgan fingerprint density at radius 1 is 1.11 bits per heavy atom. The molecule has 0 spiro atoms. The van der Waals surface area contributed by atoms with Gasteiger partial charge in [-0.05, 0) is 23.8 Å². The summed E-state index contributed by atoms with van der Waals surface area (Å²) in [5, 5.41) is 7.14. The van der Waals surface area contributed by atoms with Crippen molar-refractivity contribution in [1.29, 1.82) is 0 Å². The number of carbonyl (C=O) groups is 1. The lowest BCUT2D eigenvalue weighted by atomic mass is 9.80. The Labute approximate surface area is 164 Å². The number of rotatable bonds is 6. The number of aromatic nitrogens is 1. The van der Waals surface area contributed by atoms with Crippen molar-refractivity contribution in [2.24, 2.45) is 0 Å². The van der Waals surface area contributed by atoms with E-state index in [-0.39, 0.29) is 5.78 Å². The van der Waals surface area contributed by atoms with Crippen molar-refractivity contribution in [3.05, 3.63) is 84.1 Å². The van der Waals surface area contributed by atoms with E-state index < -0.39 is 11.6 Å². The van der Waals surface area contributed by atoms with Gasteiger partial charge in [0.05, 0.1) is 18.7 Å². The maximum atomic E-state index is 13.2. The van der Waals surface area contributed by atoms with Gasteiger partial charge in [0, 0.05) is 18.2 Å². The van der Waals surface area contributed by atoms with Crippen LogP contribution >= 0.6 is 0 Å². The number of benzene rings is 2. The number of para-hydroxylation sites is 2. The molecule has 2 N–H and O–H groups in total. The third-order valence-corrected chi connectivity index (χ3v) is 5.24. The number of Topliss-reactive ketones (excluding diaryl/α,β-unsaturated/α-hetero) is 1. The highest BCUT2D eigenvalue weighted by Gasteiger charge is 2.51. The number of hydrogen-bond acceptors (Lipinski definition) is 5. The Morgan fingerprint density at radius 2 is 1.86 bits per heavy atom. The third-order valence-electron chi connectivity index (χ3n) is 5.24. The Morgan fingerprint density at radius 3 is 2.61 bits per heavy atom. The molecule has 1 aliphatic rings. The van der Waals surface area contributed by atoms with E-state index in [4.69, 9.17) is 4.74 Å². The Kier molecular flexibility index (Phi) is 4.74. The Hall–Kier alpha value is -3.34. The van der Waals surface area contributed by atoms with Crippen molar-refractivity contribution >= 4 is 17.3 Å². The highest BCUT2D eigenvalue weighted by atomic mass is 16.5. The Balaban J connectivity index is 1.92. The van der Waals surface area contributed by atoms with Gasteiger partial charge in [0.1, 0.15) is 23.0 Å². The van der Waals surface area contributed by atoms with Gasteiger partial charge in [-0.1, -0.05) is 55.5 Å². The topological polar surface area (TPSA) is 63.2 Å². The van der Waals surface area contributed by atoms with E-state index in [9.17, 15) is 4.79 Å². The first-order valence-corrected chi connectivity index (χ1v) is 9.42. The van der Waals surface area contributed by atoms with Crippen molar-refractivity contribution in [2.75, 3.05) is 17.7 Å². The number of carbonyl (C=O) groups excluding carboxylic acids is 1. The molecule has 1 aromatic heterocycles. The Bertz CT molecular complexity index is 990. The molecule has 142 valence electrons. The van der Waals surface area contributed by atoms with Gasteiger partial charge in [0.15, 0.2) is 0 Å². The van der Waals surface area contributed by atoms with E-state index in [1.54, 1.807) is 13.3 Å². The molecule has 4 rings (SSSR count). The summed E-state index contributed by atoms with van der Waals surface area (Å²) in [6, 6.07) is 21.5. The van der Waals surface area contributed by atoms with Crippen molar-refractivity contribution in [3.8, 4) is 5.75 Å². The standard InChI is InChI=1S/C23H23N3O2/c1-3-19(27)21-17-12-9-15-24-22(17)26-23(21,16-10-5-4-6-11-16)25-18-13-7-8-14-20(18)28-2/h4-15,21,25H,3H2,1-2H3,(H,24,26). The van der Waals surface area contributed by atoms with Crippen molar-refractivity contribution in [1.82, 2.24) is 4.98 Å². The second-order valence-corrected chi connectivity index (χ2v) is 6.82. The van der Waals surface area contributed by atoms with E-state index in [0.29, 0.717) is 12.2 Å². The molecule has 28 heavy (non-hydrogen) atoms. The molecule has 2 atom stereocenters. The highest BCUT2D eigenvalue weighted by molar-refractivity contribution is 5.92. The van der Waals surface area contributed by atoms with E-state index in [1.165, 1.54) is 0 Å². The molecular formula is C23H23N3O2. The molecule has 5 nitrogen and oxygen atoms in total. The van der Waals surface area contributed by atoms with Crippen LogP contribution in [-0.2, 0) is 10.5 Å². The third kappa shape index (κ3) is 2.89. The summed E-state index contributed by atoms with van der Waals surface area (Å²) in [5.74, 6) is 1.16. The molecule has 2 aromatic carbocycles. The predicted molar refractivity (Wildman–Crippen MR) is 111 cm³/mol. The van der Waals surface area contributed by atoms with E-state index in [2.05, 4.69) is 15.6 Å². The number of anilines is 2. The first-order chi connectivity index (χ1) is 13.7. The van der Waals surface area contributed by atoms with Gasteiger partial charge in [-0.2, -0.15) is 0 Å². The quantitative estimate of drug-likeness (QED) is 0.664. The van der Waals surface area contributed by atoms with Gasteiger partial charge in [0.2, 0.25) is 0 Å². The van der Waals surface area contributed by atoms with Crippen LogP contribution in [0.2, 0.25) is 0 Å². The molecule has 3 aromatic rings. The van der Waals surface area contributed by atoms with Crippen LogP contribution < -0.4 is 15.4 Å². The number of pyridine rings is 1. The van der Waals surface area contributed by atoms with Crippen molar-refractivity contribution < 1.29 is 9.53 Å². The molecule has 0 fully saturated rings. The lowest BCUT2D eigenvalue weighted by Crippen LogP contribution is -2.47. The molecule has 0 saturated carbocycles. The average molecular weight is 373 g/mol. The van der Waals surface area contributed by atoms with E-state index in [0.717, 1.165) is 22.6 Å². The van der Waals surface area contributed by atoms with Crippen LogP contribution in [0.5, 0.6) is 5.75 Å². The fraction of sp³-hybridized carbons (Fsp3) is 0.217. The van der Waals surface area contributed by atoms with Crippen LogP contribution in [0.25, 0.3) is 0 Å². The molecule has 0 aliphatic carbocycles. The van der Waals surface area contributed by atoms with Crippen LogP contribution in [-0.4, -0.2) is 17.9 Å². The van der Waals surface area contributed by atoms with Gasteiger partial charge < -0.3 is 15.4 Å². The lowest BCUT2D eigenvalue weighted by Gasteiger charge is -2.38. The predicted octanol–water partition coefficient (Wildman–Crippen LogP) is 4.54. The summed E-state index contributed by atoms with van der Waals surface area (Å²) in [6.45, 7) is 1.90. The van der Waals surface area contributed by atoms with Gasteiger partial charge in [0.25, 0.3) is 0 Å². The van der Waals surface area contributed by atoms with Crippen LogP contribution in [0.4, 0.5) is 11.5 Å². The van der Waals surface area contributed by atoms with Gasteiger partial charge >= 0.3 is 0 Å². The normalized spacial score (nSPS) is 20.1.